The van der Waals surface area contributed by atoms with E-state index in [2.05, 4.69) is 23.4 Å². The van der Waals surface area contributed by atoms with E-state index in [1.807, 2.05) is 42.6 Å². The molecule has 31 heavy (non-hydrogen) atoms. The highest BCUT2D eigenvalue weighted by molar-refractivity contribution is 7.99. The maximum absolute atomic E-state index is 10.7. The van der Waals surface area contributed by atoms with Crippen LogP contribution in [0, 0.1) is 0 Å². The van der Waals surface area contributed by atoms with E-state index in [0.717, 1.165) is 27.0 Å². The van der Waals surface area contributed by atoms with E-state index in [1.54, 1.807) is 18.0 Å². The lowest BCUT2D eigenvalue weighted by atomic mass is 10.1. The summed E-state index contributed by atoms with van der Waals surface area (Å²) in [5.41, 5.74) is 7.03. The minimum atomic E-state index is -0.816. The van der Waals surface area contributed by atoms with Crippen LogP contribution in [0.5, 0.6) is 0 Å². The van der Waals surface area contributed by atoms with Crippen LogP contribution in [0.1, 0.15) is 36.8 Å². The molecule has 0 fully saturated rings. The first-order valence-electron chi connectivity index (χ1n) is 9.85. The summed E-state index contributed by atoms with van der Waals surface area (Å²) in [6.45, 7) is 5.44. The van der Waals surface area contributed by atoms with Gasteiger partial charge in [0.2, 0.25) is 0 Å². The molecule has 0 atom stereocenters. The summed E-state index contributed by atoms with van der Waals surface area (Å²) in [5, 5.41) is 1.72. The quantitative estimate of drug-likeness (QED) is 0.434. The lowest BCUT2D eigenvalue weighted by Crippen LogP contribution is -2.17. The van der Waals surface area contributed by atoms with Crippen LogP contribution in [-0.2, 0) is 22.6 Å². The van der Waals surface area contributed by atoms with Crippen LogP contribution in [0.25, 0.3) is 0 Å². The van der Waals surface area contributed by atoms with Crippen LogP contribution in [-0.4, -0.2) is 33.8 Å². The SMILES string of the molecule is CC(C)c1nc(COCCOC(N)=O)n(Cc2cccnc2)c1Sc1cccc(Cl)c1. The summed E-state index contributed by atoms with van der Waals surface area (Å²) in [6.07, 6.45) is 2.78. The fourth-order valence-corrected chi connectivity index (χ4v) is 4.42. The summed E-state index contributed by atoms with van der Waals surface area (Å²) in [6, 6.07) is 11.7. The predicted octanol–water partition coefficient (Wildman–Crippen LogP) is 4.87. The molecule has 0 saturated carbocycles. The molecule has 0 spiro atoms. The largest absolute Gasteiger partial charge is 0.447 e. The van der Waals surface area contributed by atoms with Crippen molar-refractivity contribution in [3.05, 3.63) is 70.9 Å². The van der Waals surface area contributed by atoms with E-state index >= 15 is 0 Å². The monoisotopic (exact) mass is 460 g/mol. The van der Waals surface area contributed by atoms with Gasteiger partial charge in [0.1, 0.15) is 24.1 Å². The van der Waals surface area contributed by atoms with Crippen molar-refractivity contribution in [3.8, 4) is 0 Å². The Morgan fingerprint density at radius 1 is 1.26 bits per heavy atom. The van der Waals surface area contributed by atoms with Gasteiger partial charge in [0, 0.05) is 22.3 Å². The molecular weight excluding hydrogens is 436 g/mol. The molecule has 2 heterocycles. The van der Waals surface area contributed by atoms with Crippen LogP contribution in [0.3, 0.4) is 0 Å². The Kier molecular flexibility index (Phi) is 8.34. The van der Waals surface area contributed by atoms with Gasteiger partial charge in [0.25, 0.3) is 0 Å². The molecule has 0 bridgehead atoms. The van der Waals surface area contributed by atoms with Gasteiger partial charge < -0.3 is 19.8 Å². The van der Waals surface area contributed by atoms with Crippen LogP contribution >= 0.6 is 23.4 Å². The second-order valence-electron chi connectivity index (χ2n) is 7.10. The van der Waals surface area contributed by atoms with E-state index in [0.29, 0.717) is 11.6 Å². The Balaban J connectivity index is 1.91. The number of halogens is 1. The second kappa shape index (κ2) is 11.2. The molecule has 0 aliphatic carbocycles. The maximum Gasteiger partial charge on any atom is 0.404 e. The molecule has 2 aromatic heterocycles. The smallest absolute Gasteiger partial charge is 0.404 e. The summed E-state index contributed by atoms with van der Waals surface area (Å²) in [5.74, 6) is 1.00. The van der Waals surface area contributed by atoms with Gasteiger partial charge in [-0.05, 0) is 35.7 Å². The topological polar surface area (TPSA) is 92.3 Å². The van der Waals surface area contributed by atoms with E-state index in [4.69, 9.17) is 31.8 Å². The van der Waals surface area contributed by atoms with Gasteiger partial charge in [-0.15, -0.1) is 0 Å². The van der Waals surface area contributed by atoms with E-state index in [-0.39, 0.29) is 25.7 Å². The van der Waals surface area contributed by atoms with Crippen molar-refractivity contribution in [3.63, 3.8) is 0 Å². The minimum absolute atomic E-state index is 0.0970. The van der Waals surface area contributed by atoms with Crippen LogP contribution in [0.15, 0.2) is 58.7 Å². The van der Waals surface area contributed by atoms with Gasteiger partial charge >= 0.3 is 6.09 Å². The first-order chi connectivity index (χ1) is 14.9. The average Bonchev–Trinajstić information content (AvgIpc) is 3.06. The van der Waals surface area contributed by atoms with Crippen molar-refractivity contribution < 1.29 is 14.3 Å². The number of amides is 1. The number of rotatable bonds is 10. The molecule has 0 radical (unpaired) electrons. The number of nitrogens with zero attached hydrogens (tertiary/aromatic N) is 3. The number of aromatic nitrogens is 3. The molecule has 2 N–H and O–H groups in total. The first-order valence-corrected chi connectivity index (χ1v) is 11.0. The molecule has 9 heteroatoms. The first kappa shape index (κ1) is 23.1. The van der Waals surface area contributed by atoms with Crippen LogP contribution in [0.4, 0.5) is 4.79 Å². The van der Waals surface area contributed by atoms with Gasteiger partial charge in [-0.25, -0.2) is 9.78 Å². The molecular formula is C22H25ClN4O3S. The van der Waals surface area contributed by atoms with Crippen molar-refractivity contribution in [1.82, 2.24) is 14.5 Å². The Morgan fingerprint density at radius 2 is 2.10 bits per heavy atom. The lowest BCUT2D eigenvalue weighted by molar-refractivity contribution is 0.0637. The molecule has 1 aromatic carbocycles. The summed E-state index contributed by atoms with van der Waals surface area (Å²) < 4.78 is 12.6. The second-order valence-corrected chi connectivity index (χ2v) is 8.60. The van der Waals surface area contributed by atoms with Crippen molar-refractivity contribution in [2.24, 2.45) is 5.73 Å². The number of carbonyl (C=O) groups is 1. The normalized spacial score (nSPS) is 11.1. The highest BCUT2D eigenvalue weighted by atomic mass is 35.5. The predicted molar refractivity (Wildman–Crippen MR) is 120 cm³/mol. The van der Waals surface area contributed by atoms with Gasteiger partial charge in [0.05, 0.1) is 18.8 Å². The van der Waals surface area contributed by atoms with Gasteiger partial charge in [0.15, 0.2) is 0 Å². The lowest BCUT2D eigenvalue weighted by Gasteiger charge is -2.14. The zero-order valence-corrected chi connectivity index (χ0v) is 19.0. The third-order valence-electron chi connectivity index (χ3n) is 4.35. The Hall–Kier alpha value is -2.55. The number of hydrogen-bond donors (Lipinski definition) is 1. The number of primary amides is 1. The standard InChI is InChI=1S/C22H25ClN4O3S/c1-15(2)20-21(31-18-7-3-6-17(23)11-18)27(13-16-5-4-8-25-12-16)19(26-20)14-29-9-10-30-22(24)28/h3-8,11-12,15H,9-10,13-14H2,1-2H3,(H2,24,28). The molecule has 3 rings (SSSR count). The highest BCUT2D eigenvalue weighted by Crippen LogP contribution is 2.36. The van der Waals surface area contributed by atoms with Gasteiger partial charge in [-0.2, -0.15) is 0 Å². The molecule has 0 unspecified atom stereocenters. The number of benzene rings is 1. The Bertz CT molecular complexity index is 1010. The van der Waals surface area contributed by atoms with Crippen molar-refractivity contribution in [1.29, 1.82) is 0 Å². The van der Waals surface area contributed by atoms with Crippen LogP contribution in [0.2, 0.25) is 5.02 Å². The fourth-order valence-electron chi connectivity index (χ4n) is 2.94. The zero-order valence-electron chi connectivity index (χ0n) is 17.5. The average molecular weight is 461 g/mol. The third kappa shape index (κ3) is 6.72. The minimum Gasteiger partial charge on any atom is -0.447 e. The van der Waals surface area contributed by atoms with E-state index < -0.39 is 6.09 Å². The van der Waals surface area contributed by atoms with Crippen molar-refractivity contribution >= 4 is 29.5 Å². The Labute approximate surface area is 190 Å². The number of carbonyl (C=O) groups excluding carboxylic acids is 1. The number of pyridine rings is 1. The molecule has 0 aliphatic heterocycles. The number of ether oxygens (including phenoxy) is 2. The molecule has 0 aliphatic rings. The van der Waals surface area contributed by atoms with Gasteiger partial charge in [-0.1, -0.05) is 49.3 Å². The molecule has 0 saturated heterocycles. The van der Waals surface area contributed by atoms with Crippen molar-refractivity contribution in [2.45, 2.75) is 42.8 Å². The Morgan fingerprint density at radius 3 is 2.77 bits per heavy atom. The maximum atomic E-state index is 10.7. The fraction of sp³-hybridized carbons (Fsp3) is 0.318. The van der Waals surface area contributed by atoms with Crippen LogP contribution < -0.4 is 5.73 Å². The molecule has 1 amide bonds. The number of hydrogen-bond acceptors (Lipinski definition) is 6. The van der Waals surface area contributed by atoms with Crippen molar-refractivity contribution in [2.75, 3.05) is 13.2 Å². The van der Waals surface area contributed by atoms with E-state index in [9.17, 15) is 4.79 Å². The molecule has 3 aromatic rings. The zero-order chi connectivity index (χ0) is 22.2. The number of imidazole rings is 1. The molecule has 164 valence electrons. The summed E-state index contributed by atoms with van der Waals surface area (Å²) in [4.78, 5) is 20.9. The molecule has 7 nitrogen and oxygen atoms in total. The number of nitrogens with two attached hydrogens (primary N) is 1. The summed E-state index contributed by atoms with van der Waals surface area (Å²) in [7, 11) is 0. The highest BCUT2D eigenvalue weighted by Gasteiger charge is 2.21. The van der Waals surface area contributed by atoms with E-state index in [1.165, 1.54) is 0 Å². The summed E-state index contributed by atoms with van der Waals surface area (Å²) >= 11 is 7.83. The third-order valence-corrected chi connectivity index (χ3v) is 5.70. The van der Waals surface area contributed by atoms with Gasteiger partial charge in [-0.3, -0.25) is 4.98 Å².